The summed E-state index contributed by atoms with van der Waals surface area (Å²) in [4.78, 5) is 22.2. The number of aromatic carboxylic acids is 2. The van der Waals surface area contributed by atoms with E-state index in [2.05, 4.69) is 20.6 Å². The number of benzene rings is 2. The minimum absolute atomic E-state index is 0.0569. The highest BCUT2D eigenvalue weighted by Gasteiger charge is 2.36. The maximum Gasteiger partial charge on any atom is 0.417 e. The van der Waals surface area contributed by atoms with Crippen molar-refractivity contribution in [1.82, 2.24) is 30.0 Å². The summed E-state index contributed by atoms with van der Waals surface area (Å²) in [5.74, 6) is -3.50. The minimum Gasteiger partial charge on any atom is -0.478 e. The molecule has 0 aliphatic carbocycles. The van der Waals surface area contributed by atoms with E-state index in [-0.39, 0.29) is 29.2 Å². The molecule has 2 aromatic heterocycles. The third-order valence-corrected chi connectivity index (χ3v) is 5.05. The first kappa shape index (κ1) is 25.3. The molecule has 2 N–H and O–H groups in total. The van der Waals surface area contributed by atoms with Crippen molar-refractivity contribution in [1.29, 1.82) is 0 Å². The van der Waals surface area contributed by atoms with Crippen LogP contribution in [0.4, 0.5) is 26.3 Å². The molecule has 16 heteroatoms. The molecule has 2 heterocycles. The standard InChI is InChI=1S/C21H12F6N6O4/c22-20(23,24)16-6-12(1-3-14(16)18(34)35)32-8-10(28-30-32)5-11-9-33(31-29-11)13-2-4-15(19(36)37)17(7-13)21(25,26)27/h1-4,6-9H,5H2,(H,34,35)(H,36,37). The summed E-state index contributed by atoms with van der Waals surface area (Å²) in [6, 6.07) is 5.03. The lowest BCUT2D eigenvalue weighted by Crippen LogP contribution is -2.14. The van der Waals surface area contributed by atoms with Gasteiger partial charge in [0, 0.05) is 6.42 Å². The van der Waals surface area contributed by atoms with Gasteiger partial charge in [-0.2, -0.15) is 26.3 Å². The molecular formula is C21H12F6N6O4. The third-order valence-electron chi connectivity index (χ3n) is 5.05. The van der Waals surface area contributed by atoms with Crippen molar-refractivity contribution in [2.45, 2.75) is 18.8 Å². The number of carboxylic acid groups (broad SMARTS) is 2. The van der Waals surface area contributed by atoms with Gasteiger partial charge in [0.2, 0.25) is 0 Å². The van der Waals surface area contributed by atoms with Gasteiger partial charge in [-0.15, -0.1) is 10.2 Å². The van der Waals surface area contributed by atoms with Crippen molar-refractivity contribution in [3.63, 3.8) is 0 Å². The summed E-state index contributed by atoms with van der Waals surface area (Å²) in [5, 5.41) is 33.1. The molecule has 0 aliphatic heterocycles. The number of rotatable bonds is 6. The lowest BCUT2D eigenvalue weighted by molar-refractivity contribution is -0.138. The lowest BCUT2D eigenvalue weighted by Gasteiger charge is -2.11. The molecule has 0 spiro atoms. The smallest absolute Gasteiger partial charge is 0.417 e. The van der Waals surface area contributed by atoms with Crippen LogP contribution in [0.15, 0.2) is 48.8 Å². The van der Waals surface area contributed by atoms with E-state index < -0.39 is 46.5 Å². The monoisotopic (exact) mass is 526 g/mol. The van der Waals surface area contributed by atoms with Crippen molar-refractivity contribution in [2.75, 3.05) is 0 Å². The Morgan fingerprint density at radius 2 is 1.08 bits per heavy atom. The average molecular weight is 526 g/mol. The summed E-state index contributed by atoms with van der Waals surface area (Å²) in [7, 11) is 0. The second-order valence-corrected chi connectivity index (χ2v) is 7.55. The number of aromatic nitrogens is 6. The number of nitrogens with zero attached hydrogens (tertiary/aromatic N) is 6. The van der Waals surface area contributed by atoms with Gasteiger partial charge in [-0.05, 0) is 36.4 Å². The molecular weight excluding hydrogens is 514 g/mol. The molecule has 192 valence electrons. The third kappa shape index (κ3) is 5.26. The molecule has 2 aromatic carbocycles. The fourth-order valence-corrected chi connectivity index (χ4v) is 3.39. The Morgan fingerprint density at radius 1 is 0.703 bits per heavy atom. The Bertz CT molecular complexity index is 1400. The fraction of sp³-hybridized carbons (Fsp3) is 0.143. The van der Waals surface area contributed by atoms with Crippen molar-refractivity contribution < 1.29 is 46.1 Å². The zero-order valence-electron chi connectivity index (χ0n) is 18.0. The topological polar surface area (TPSA) is 136 Å². The van der Waals surface area contributed by atoms with E-state index >= 15 is 0 Å². The molecule has 0 saturated heterocycles. The molecule has 0 amide bonds. The highest BCUT2D eigenvalue weighted by Crippen LogP contribution is 2.34. The van der Waals surface area contributed by atoms with Crippen LogP contribution in [0.3, 0.4) is 0 Å². The maximum absolute atomic E-state index is 13.3. The van der Waals surface area contributed by atoms with Crippen LogP contribution in [0.25, 0.3) is 11.4 Å². The summed E-state index contributed by atoms with van der Waals surface area (Å²) >= 11 is 0. The minimum atomic E-state index is -4.93. The van der Waals surface area contributed by atoms with Crippen LogP contribution in [0, 0.1) is 0 Å². The Morgan fingerprint density at radius 3 is 1.41 bits per heavy atom. The second-order valence-electron chi connectivity index (χ2n) is 7.55. The Hall–Kier alpha value is -4.76. The number of halogens is 6. The van der Waals surface area contributed by atoms with Crippen LogP contribution >= 0.6 is 0 Å². The van der Waals surface area contributed by atoms with E-state index in [0.717, 1.165) is 33.6 Å². The van der Waals surface area contributed by atoms with E-state index in [1.165, 1.54) is 12.4 Å². The van der Waals surface area contributed by atoms with Crippen LogP contribution < -0.4 is 0 Å². The SMILES string of the molecule is O=C(O)c1ccc(-n2cc(Cc3cn(-c4ccc(C(=O)O)c(C(F)(F)F)c4)nn3)nn2)cc1C(F)(F)F. The molecule has 0 fully saturated rings. The summed E-state index contributed by atoms with van der Waals surface area (Å²) in [6.45, 7) is 0. The van der Waals surface area contributed by atoms with Gasteiger partial charge in [0.1, 0.15) is 0 Å². The maximum atomic E-state index is 13.3. The average Bonchev–Trinajstić information content (AvgIpc) is 3.47. The van der Waals surface area contributed by atoms with Gasteiger partial charge in [0.25, 0.3) is 0 Å². The molecule has 0 radical (unpaired) electrons. The number of carbonyl (C=O) groups is 2. The molecule has 0 saturated carbocycles. The zero-order valence-corrected chi connectivity index (χ0v) is 18.0. The van der Waals surface area contributed by atoms with Crippen molar-refractivity contribution in [2.24, 2.45) is 0 Å². The van der Waals surface area contributed by atoms with E-state index in [9.17, 15) is 35.9 Å². The Kier molecular flexibility index (Phi) is 6.18. The molecule has 0 aliphatic rings. The molecule has 0 unspecified atom stereocenters. The van der Waals surface area contributed by atoms with E-state index in [1.807, 2.05) is 0 Å². The Labute approximate surface area is 201 Å². The first-order valence-corrected chi connectivity index (χ1v) is 9.96. The van der Waals surface area contributed by atoms with Gasteiger partial charge in [-0.3, -0.25) is 0 Å². The molecule has 4 rings (SSSR count). The predicted molar refractivity (Wildman–Crippen MR) is 109 cm³/mol. The van der Waals surface area contributed by atoms with Gasteiger partial charge in [0.15, 0.2) is 0 Å². The van der Waals surface area contributed by atoms with Crippen molar-refractivity contribution >= 4 is 11.9 Å². The predicted octanol–water partition coefficient (Wildman–Crippen LogP) is 3.87. The summed E-state index contributed by atoms with van der Waals surface area (Å²) in [6.07, 6.45) is -7.39. The van der Waals surface area contributed by atoms with Crippen LogP contribution in [0.2, 0.25) is 0 Å². The fourth-order valence-electron chi connectivity index (χ4n) is 3.39. The second kappa shape index (κ2) is 9.03. The van der Waals surface area contributed by atoms with Crippen molar-refractivity contribution in [3.05, 3.63) is 82.4 Å². The largest absolute Gasteiger partial charge is 0.478 e. The van der Waals surface area contributed by atoms with Gasteiger partial charge >= 0.3 is 24.3 Å². The highest BCUT2D eigenvalue weighted by molar-refractivity contribution is 5.90. The number of hydrogen-bond acceptors (Lipinski definition) is 6. The molecule has 4 aromatic rings. The highest BCUT2D eigenvalue weighted by atomic mass is 19.4. The first-order valence-electron chi connectivity index (χ1n) is 9.96. The molecule has 0 atom stereocenters. The lowest BCUT2D eigenvalue weighted by atomic mass is 10.1. The number of carboxylic acids is 2. The van der Waals surface area contributed by atoms with Crippen LogP contribution in [0.1, 0.15) is 43.2 Å². The molecule has 0 bridgehead atoms. The molecule has 37 heavy (non-hydrogen) atoms. The van der Waals surface area contributed by atoms with Crippen LogP contribution in [-0.4, -0.2) is 52.1 Å². The summed E-state index contributed by atoms with van der Waals surface area (Å²) in [5.41, 5.74) is -4.41. The molecule has 10 nitrogen and oxygen atoms in total. The Balaban J connectivity index is 1.58. The zero-order chi connectivity index (χ0) is 27.1. The van der Waals surface area contributed by atoms with Crippen LogP contribution in [-0.2, 0) is 18.8 Å². The van der Waals surface area contributed by atoms with Gasteiger partial charge in [-0.1, -0.05) is 10.4 Å². The normalized spacial score (nSPS) is 12.1. The van der Waals surface area contributed by atoms with Gasteiger partial charge < -0.3 is 10.2 Å². The van der Waals surface area contributed by atoms with E-state index in [1.54, 1.807) is 0 Å². The number of alkyl halides is 6. The quantitative estimate of drug-likeness (QED) is 0.362. The number of hydrogen-bond donors (Lipinski definition) is 2. The van der Waals surface area contributed by atoms with E-state index in [0.29, 0.717) is 12.1 Å². The first-order chi connectivity index (χ1) is 17.2. The van der Waals surface area contributed by atoms with Crippen LogP contribution in [0.5, 0.6) is 0 Å². The van der Waals surface area contributed by atoms with Gasteiger partial charge in [-0.25, -0.2) is 19.0 Å². The van der Waals surface area contributed by atoms with E-state index in [4.69, 9.17) is 10.2 Å². The van der Waals surface area contributed by atoms with Gasteiger partial charge in [0.05, 0.1) is 57.4 Å². The summed E-state index contributed by atoms with van der Waals surface area (Å²) < 4.78 is 81.6. The van der Waals surface area contributed by atoms with Crippen molar-refractivity contribution in [3.8, 4) is 11.4 Å².